The van der Waals surface area contributed by atoms with Gasteiger partial charge in [-0.1, -0.05) is 19.1 Å². The van der Waals surface area contributed by atoms with Crippen LogP contribution in [0.5, 0.6) is 5.75 Å². The number of primary sulfonamides is 1. The van der Waals surface area contributed by atoms with E-state index in [4.69, 9.17) is 9.88 Å². The predicted molar refractivity (Wildman–Crippen MR) is 129 cm³/mol. The average molecular weight is 494 g/mol. The van der Waals surface area contributed by atoms with Gasteiger partial charge < -0.3 is 9.84 Å². The fourth-order valence-electron chi connectivity index (χ4n) is 3.86. The first-order valence-electron chi connectivity index (χ1n) is 10.8. The molecule has 35 heavy (non-hydrogen) atoms. The summed E-state index contributed by atoms with van der Waals surface area (Å²) in [7, 11) is -3.94. The molecule has 0 saturated carbocycles. The van der Waals surface area contributed by atoms with Crippen molar-refractivity contribution in [2.75, 3.05) is 11.5 Å². The van der Waals surface area contributed by atoms with Crippen LogP contribution in [0.3, 0.4) is 0 Å². The van der Waals surface area contributed by atoms with E-state index in [1.165, 1.54) is 41.6 Å². The van der Waals surface area contributed by atoms with Crippen molar-refractivity contribution in [1.29, 1.82) is 0 Å². The topological polar surface area (TPSA) is 140 Å². The first-order chi connectivity index (χ1) is 16.7. The van der Waals surface area contributed by atoms with Crippen LogP contribution in [0, 0.1) is 0 Å². The van der Waals surface area contributed by atoms with Crippen LogP contribution in [-0.2, 0) is 19.6 Å². The number of aliphatic hydroxyl groups is 1. The quantitative estimate of drug-likeness (QED) is 0.293. The maximum atomic E-state index is 13.2. The van der Waals surface area contributed by atoms with Crippen LogP contribution < -0.4 is 14.8 Å². The second kappa shape index (κ2) is 9.69. The number of nitrogens with zero attached hydrogens (tertiary/aromatic N) is 2. The fourth-order valence-corrected chi connectivity index (χ4v) is 4.38. The highest BCUT2D eigenvalue weighted by Crippen LogP contribution is 2.42. The maximum Gasteiger partial charge on any atom is 0.300 e. The van der Waals surface area contributed by atoms with Crippen molar-refractivity contribution < 1.29 is 27.9 Å². The lowest BCUT2D eigenvalue weighted by Gasteiger charge is -2.25. The van der Waals surface area contributed by atoms with Crippen LogP contribution in [0.2, 0.25) is 0 Å². The largest absolute Gasteiger partial charge is 0.507 e. The van der Waals surface area contributed by atoms with E-state index in [0.717, 1.165) is 6.42 Å². The van der Waals surface area contributed by atoms with Gasteiger partial charge in [0.2, 0.25) is 10.0 Å². The molecule has 0 spiro atoms. The Morgan fingerprint density at radius 3 is 2.40 bits per heavy atom. The molecule has 1 aliphatic rings. The highest BCUT2D eigenvalue weighted by Gasteiger charge is 2.47. The van der Waals surface area contributed by atoms with Crippen molar-refractivity contribution in [3.63, 3.8) is 0 Å². The monoisotopic (exact) mass is 493 g/mol. The lowest BCUT2D eigenvalue weighted by molar-refractivity contribution is -0.132. The normalized spacial score (nSPS) is 17.5. The van der Waals surface area contributed by atoms with Crippen LogP contribution in [0.15, 0.2) is 83.5 Å². The van der Waals surface area contributed by atoms with E-state index in [9.17, 15) is 23.1 Å². The number of rotatable bonds is 7. The van der Waals surface area contributed by atoms with Gasteiger partial charge in [-0.2, -0.15) is 0 Å². The molecule has 1 aromatic heterocycles. The number of anilines is 1. The van der Waals surface area contributed by atoms with Gasteiger partial charge in [-0.25, -0.2) is 13.6 Å². The number of carbonyl (C=O) groups excluding carboxylic acids is 2. The van der Waals surface area contributed by atoms with E-state index in [2.05, 4.69) is 4.98 Å². The van der Waals surface area contributed by atoms with Crippen LogP contribution in [-0.4, -0.2) is 36.8 Å². The molecule has 1 unspecified atom stereocenters. The summed E-state index contributed by atoms with van der Waals surface area (Å²) in [6.07, 6.45) is 3.82. The van der Waals surface area contributed by atoms with Gasteiger partial charge in [0.15, 0.2) is 0 Å². The molecule has 2 aromatic carbocycles. The number of nitrogens with two attached hydrogens (primary N) is 1. The maximum absolute atomic E-state index is 13.2. The Bertz CT molecular complexity index is 1400. The number of ketones is 1. The van der Waals surface area contributed by atoms with E-state index in [-0.39, 0.29) is 21.9 Å². The van der Waals surface area contributed by atoms with Gasteiger partial charge in [-0.05, 0) is 60.5 Å². The second-order valence-electron chi connectivity index (χ2n) is 7.86. The summed E-state index contributed by atoms with van der Waals surface area (Å²) < 4.78 is 28.9. The molecular formula is C25H23N3O6S. The van der Waals surface area contributed by atoms with Gasteiger partial charge in [-0.3, -0.25) is 19.5 Å². The standard InChI is InChI=1S/C25H23N3O6S/c1-2-14-34-19-5-3-4-17(15-19)23(29)21-22(16-10-12-27-13-11-16)28(25(31)24(21)30)18-6-8-20(9-7-18)35(26,32)33/h3-13,15,22,29H,2,14H2,1H3,(H2,26,32,33)/b23-21+. The molecule has 3 N–H and O–H groups in total. The number of hydrogen-bond donors (Lipinski definition) is 2. The number of ether oxygens (including phenoxy) is 1. The van der Waals surface area contributed by atoms with Crippen LogP contribution in [0.4, 0.5) is 5.69 Å². The molecule has 1 atom stereocenters. The molecule has 9 nitrogen and oxygen atoms in total. The summed E-state index contributed by atoms with van der Waals surface area (Å²) in [4.78, 5) is 31.4. The average Bonchev–Trinajstić information content (AvgIpc) is 3.13. The molecule has 4 rings (SSSR count). The van der Waals surface area contributed by atoms with Crippen molar-refractivity contribution in [2.45, 2.75) is 24.3 Å². The van der Waals surface area contributed by atoms with Gasteiger partial charge in [0.1, 0.15) is 11.5 Å². The van der Waals surface area contributed by atoms with Gasteiger partial charge in [0.25, 0.3) is 11.7 Å². The minimum atomic E-state index is -3.94. The number of Topliss-reactive ketones (excluding diaryl/α,β-unsaturated/α-hetero) is 1. The molecule has 1 saturated heterocycles. The molecule has 10 heteroatoms. The number of aliphatic hydroxyl groups excluding tert-OH is 1. The molecule has 1 amide bonds. The third-order valence-electron chi connectivity index (χ3n) is 5.49. The molecule has 1 aliphatic heterocycles. The number of amides is 1. The van der Waals surface area contributed by atoms with Crippen LogP contribution in [0.25, 0.3) is 5.76 Å². The highest BCUT2D eigenvalue weighted by molar-refractivity contribution is 7.89. The molecule has 180 valence electrons. The van der Waals surface area contributed by atoms with Crippen molar-refractivity contribution >= 4 is 33.2 Å². The SMILES string of the molecule is CCCOc1cccc(/C(O)=C2\C(=O)C(=O)N(c3ccc(S(N)(=O)=O)cc3)C2c2ccncc2)c1. The summed E-state index contributed by atoms with van der Waals surface area (Å²) in [6.45, 7) is 2.45. The zero-order valence-electron chi connectivity index (χ0n) is 18.8. The summed E-state index contributed by atoms with van der Waals surface area (Å²) in [5, 5.41) is 16.4. The van der Waals surface area contributed by atoms with Crippen molar-refractivity contribution in [3.8, 4) is 5.75 Å². The number of hydrogen-bond acceptors (Lipinski definition) is 7. The molecule has 0 aliphatic carbocycles. The van der Waals surface area contributed by atoms with E-state index >= 15 is 0 Å². The Hall–Kier alpha value is -4.02. The highest BCUT2D eigenvalue weighted by atomic mass is 32.2. The molecular weight excluding hydrogens is 470 g/mol. The zero-order chi connectivity index (χ0) is 25.2. The van der Waals surface area contributed by atoms with E-state index in [0.29, 0.717) is 23.5 Å². The molecule has 2 heterocycles. The van der Waals surface area contributed by atoms with Crippen molar-refractivity contribution in [2.24, 2.45) is 5.14 Å². The van der Waals surface area contributed by atoms with Gasteiger partial charge in [0, 0.05) is 23.6 Å². The van der Waals surface area contributed by atoms with E-state index in [1.54, 1.807) is 36.4 Å². The summed E-state index contributed by atoms with van der Waals surface area (Å²) in [5.41, 5.74) is 1.01. The Balaban J connectivity index is 1.86. The Morgan fingerprint density at radius 2 is 1.77 bits per heavy atom. The lowest BCUT2D eigenvalue weighted by Crippen LogP contribution is -2.29. The number of pyridine rings is 1. The fraction of sp³-hybridized carbons (Fsp3) is 0.160. The smallest absolute Gasteiger partial charge is 0.300 e. The lowest BCUT2D eigenvalue weighted by atomic mass is 9.95. The Labute approximate surface area is 202 Å². The van der Waals surface area contributed by atoms with Gasteiger partial charge >= 0.3 is 0 Å². The van der Waals surface area contributed by atoms with Crippen LogP contribution >= 0.6 is 0 Å². The first kappa shape index (κ1) is 24.1. The summed E-state index contributed by atoms with van der Waals surface area (Å²) in [5.74, 6) is -1.57. The molecule has 0 radical (unpaired) electrons. The number of carbonyl (C=O) groups is 2. The number of benzene rings is 2. The van der Waals surface area contributed by atoms with Gasteiger partial charge in [-0.15, -0.1) is 0 Å². The third-order valence-corrected chi connectivity index (χ3v) is 6.42. The molecule has 1 fully saturated rings. The van der Waals surface area contributed by atoms with E-state index in [1.807, 2.05) is 6.92 Å². The molecule has 3 aromatic rings. The van der Waals surface area contributed by atoms with Crippen molar-refractivity contribution in [1.82, 2.24) is 4.98 Å². The summed E-state index contributed by atoms with van der Waals surface area (Å²) >= 11 is 0. The Kier molecular flexibility index (Phi) is 6.68. The van der Waals surface area contributed by atoms with Gasteiger partial charge in [0.05, 0.1) is 23.1 Å². The van der Waals surface area contributed by atoms with Crippen molar-refractivity contribution in [3.05, 3.63) is 89.8 Å². The predicted octanol–water partition coefficient (Wildman–Crippen LogP) is 3.14. The summed E-state index contributed by atoms with van der Waals surface area (Å²) in [6, 6.07) is 14.2. The first-order valence-corrected chi connectivity index (χ1v) is 12.3. The van der Waals surface area contributed by atoms with E-state index < -0.39 is 27.8 Å². The number of aromatic nitrogens is 1. The zero-order valence-corrected chi connectivity index (χ0v) is 19.6. The Morgan fingerprint density at radius 1 is 1.09 bits per heavy atom. The third kappa shape index (κ3) is 4.79. The molecule has 0 bridgehead atoms. The minimum Gasteiger partial charge on any atom is -0.507 e. The number of sulfonamides is 1. The second-order valence-corrected chi connectivity index (χ2v) is 9.43. The van der Waals surface area contributed by atoms with Crippen LogP contribution in [0.1, 0.15) is 30.5 Å². The minimum absolute atomic E-state index is 0.107.